The van der Waals surface area contributed by atoms with Crippen LogP contribution in [-0.4, -0.2) is 28.6 Å². The number of hydrogen-bond donors (Lipinski definition) is 2. The van der Waals surface area contributed by atoms with Gasteiger partial charge in [-0.25, -0.2) is 4.98 Å². The first-order chi connectivity index (χ1) is 11.6. The number of carboxylic acids is 1. The van der Waals surface area contributed by atoms with Crippen molar-refractivity contribution in [3.05, 3.63) is 45.9 Å². The molecule has 1 fully saturated rings. The lowest BCUT2D eigenvalue weighted by Crippen LogP contribution is -2.10. The molecule has 6 nitrogen and oxygen atoms in total. The van der Waals surface area contributed by atoms with Crippen LogP contribution in [0.25, 0.3) is 0 Å². The highest BCUT2D eigenvalue weighted by Crippen LogP contribution is 2.31. The molecule has 0 spiro atoms. The zero-order valence-corrected chi connectivity index (χ0v) is 13.8. The predicted molar refractivity (Wildman–Crippen MR) is 90.4 cm³/mol. The second-order valence-electron chi connectivity index (χ2n) is 5.61. The summed E-state index contributed by atoms with van der Waals surface area (Å²) in [6, 6.07) is 7.23. The number of aryl methyl sites for hydroxylation is 1. The van der Waals surface area contributed by atoms with Gasteiger partial charge in [-0.2, -0.15) is 0 Å². The molecule has 24 heavy (non-hydrogen) atoms. The van der Waals surface area contributed by atoms with E-state index in [1.165, 1.54) is 11.3 Å². The number of anilines is 1. The van der Waals surface area contributed by atoms with E-state index in [0.717, 1.165) is 30.0 Å². The number of rotatable bonds is 6. The fraction of sp³-hybridized carbons (Fsp3) is 0.353. The van der Waals surface area contributed by atoms with Crippen LogP contribution in [0.5, 0.6) is 0 Å². The van der Waals surface area contributed by atoms with Crippen LogP contribution in [0.2, 0.25) is 0 Å². The van der Waals surface area contributed by atoms with Crippen molar-refractivity contribution in [2.24, 2.45) is 0 Å². The lowest BCUT2D eigenvalue weighted by Gasteiger charge is -2.06. The van der Waals surface area contributed by atoms with Gasteiger partial charge in [-0.15, -0.1) is 11.3 Å². The predicted octanol–water partition coefficient (Wildman–Crippen LogP) is 3.26. The van der Waals surface area contributed by atoms with Gasteiger partial charge in [-0.3, -0.25) is 9.59 Å². The molecule has 7 heteroatoms. The molecule has 1 saturated heterocycles. The van der Waals surface area contributed by atoms with Crippen LogP contribution in [0, 0.1) is 0 Å². The van der Waals surface area contributed by atoms with E-state index in [4.69, 9.17) is 9.84 Å². The Morgan fingerprint density at radius 1 is 1.42 bits per heavy atom. The van der Waals surface area contributed by atoms with Crippen molar-refractivity contribution in [3.8, 4) is 0 Å². The molecular weight excluding hydrogens is 328 g/mol. The summed E-state index contributed by atoms with van der Waals surface area (Å²) in [6.07, 6.45) is 4.05. The van der Waals surface area contributed by atoms with Crippen LogP contribution >= 0.6 is 11.3 Å². The van der Waals surface area contributed by atoms with Crippen molar-refractivity contribution in [3.63, 3.8) is 0 Å². The van der Waals surface area contributed by atoms with E-state index in [1.54, 1.807) is 24.4 Å². The molecule has 3 rings (SSSR count). The molecule has 0 saturated carbocycles. The molecule has 1 atom stereocenters. The topological polar surface area (TPSA) is 88.5 Å². The lowest BCUT2D eigenvalue weighted by atomic mass is 10.1. The first kappa shape index (κ1) is 16.6. The van der Waals surface area contributed by atoms with Crippen LogP contribution in [-0.2, 0) is 16.0 Å². The third kappa shape index (κ3) is 4.18. The molecule has 1 aromatic heterocycles. The smallest absolute Gasteiger partial charge is 0.303 e. The number of carbonyl (C=O) groups excluding carboxylic acids is 1. The normalized spacial score (nSPS) is 16.9. The van der Waals surface area contributed by atoms with E-state index in [-0.39, 0.29) is 18.4 Å². The number of amides is 1. The largest absolute Gasteiger partial charge is 0.481 e. The van der Waals surface area contributed by atoms with Gasteiger partial charge < -0.3 is 15.2 Å². The standard InChI is InChI=1S/C17H18N2O4S/c20-15(21)7-6-11-3-1-4-12(9-11)19-16(22)14-10-18-17(24-14)13-5-2-8-23-13/h1,3-4,9-10,13H,2,5-8H2,(H,19,22)(H,20,21). The van der Waals surface area contributed by atoms with Crippen molar-refractivity contribution in [2.45, 2.75) is 31.8 Å². The number of carboxylic acid groups (broad SMARTS) is 1. The Morgan fingerprint density at radius 3 is 3.04 bits per heavy atom. The van der Waals surface area contributed by atoms with E-state index >= 15 is 0 Å². The van der Waals surface area contributed by atoms with Gasteiger partial charge in [-0.1, -0.05) is 12.1 Å². The Hall–Kier alpha value is -2.25. The molecule has 2 aromatic rings. The highest BCUT2D eigenvalue weighted by Gasteiger charge is 2.22. The summed E-state index contributed by atoms with van der Waals surface area (Å²) in [6.45, 7) is 0.745. The molecule has 126 valence electrons. The average molecular weight is 346 g/mol. The van der Waals surface area contributed by atoms with Gasteiger partial charge in [0.25, 0.3) is 5.91 Å². The van der Waals surface area contributed by atoms with Crippen molar-refractivity contribution < 1.29 is 19.4 Å². The molecule has 1 aliphatic heterocycles. The summed E-state index contributed by atoms with van der Waals surface area (Å²) in [4.78, 5) is 27.8. The first-order valence-corrected chi connectivity index (χ1v) is 8.63. The maximum absolute atomic E-state index is 12.3. The molecule has 0 aliphatic carbocycles. The van der Waals surface area contributed by atoms with E-state index in [2.05, 4.69) is 10.3 Å². The Labute approximate surface area is 143 Å². The molecule has 1 unspecified atom stereocenters. The van der Waals surface area contributed by atoms with Gasteiger partial charge in [0.1, 0.15) is 16.0 Å². The summed E-state index contributed by atoms with van der Waals surface area (Å²) in [5.74, 6) is -1.05. The molecule has 0 radical (unpaired) electrons. The number of carbonyl (C=O) groups is 2. The maximum Gasteiger partial charge on any atom is 0.303 e. The number of nitrogens with zero attached hydrogens (tertiary/aromatic N) is 1. The van der Waals surface area contributed by atoms with Gasteiger partial charge in [0.05, 0.1) is 6.20 Å². The van der Waals surface area contributed by atoms with Gasteiger partial charge >= 0.3 is 5.97 Å². The molecule has 2 N–H and O–H groups in total. The van der Waals surface area contributed by atoms with E-state index in [0.29, 0.717) is 17.0 Å². The fourth-order valence-electron chi connectivity index (χ4n) is 2.56. The highest BCUT2D eigenvalue weighted by atomic mass is 32.1. The summed E-state index contributed by atoms with van der Waals surface area (Å²) in [5, 5.41) is 12.4. The number of thiazole rings is 1. The highest BCUT2D eigenvalue weighted by molar-refractivity contribution is 7.13. The summed E-state index contributed by atoms with van der Waals surface area (Å²) >= 11 is 1.35. The van der Waals surface area contributed by atoms with Crippen LogP contribution in [0.3, 0.4) is 0 Å². The van der Waals surface area contributed by atoms with Crippen molar-refractivity contribution in [1.29, 1.82) is 0 Å². The van der Waals surface area contributed by atoms with E-state index in [9.17, 15) is 9.59 Å². The number of aliphatic carboxylic acids is 1. The summed E-state index contributed by atoms with van der Waals surface area (Å²) in [5.41, 5.74) is 1.52. The second-order valence-corrected chi connectivity index (χ2v) is 6.67. The second kappa shape index (κ2) is 7.55. The number of nitrogens with one attached hydrogen (secondary N) is 1. The third-order valence-electron chi connectivity index (χ3n) is 3.76. The Morgan fingerprint density at radius 2 is 2.29 bits per heavy atom. The minimum absolute atomic E-state index is 0.0101. The van der Waals surface area contributed by atoms with E-state index < -0.39 is 5.97 Å². The van der Waals surface area contributed by atoms with Crippen LogP contribution in [0.1, 0.15) is 45.6 Å². The Balaban J connectivity index is 1.64. The zero-order valence-electron chi connectivity index (χ0n) is 13.0. The van der Waals surface area contributed by atoms with Crippen LogP contribution in [0.15, 0.2) is 30.5 Å². The maximum atomic E-state index is 12.3. The monoisotopic (exact) mass is 346 g/mol. The fourth-order valence-corrected chi connectivity index (χ4v) is 3.46. The SMILES string of the molecule is O=C(O)CCc1cccc(NC(=O)c2cnc(C3CCCO3)s2)c1. The van der Waals surface area contributed by atoms with Crippen LogP contribution in [0.4, 0.5) is 5.69 Å². The third-order valence-corrected chi connectivity index (χ3v) is 4.85. The van der Waals surface area contributed by atoms with Gasteiger partial charge in [-0.05, 0) is 37.0 Å². The van der Waals surface area contributed by atoms with Crippen molar-refractivity contribution in [2.75, 3.05) is 11.9 Å². The van der Waals surface area contributed by atoms with Gasteiger partial charge in [0.15, 0.2) is 0 Å². The number of hydrogen-bond acceptors (Lipinski definition) is 5. The number of benzene rings is 1. The first-order valence-electron chi connectivity index (χ1n) is 7.81. The molecule has 1 aromatic carbocycles. The van der Waals surface area contributed by atoms with Crippen LogP contribution < -0.4 is 5.32 Å². The minimum Gasteiger partial charge on any atom is -0.481 e. The summed E-state index contributed by atoms with van der Waals surface area (Å²) in [7, 11) is 0. The Bertz CT molecular complexity index is 738. The lowest BCUT2D eigenvalue weighted by molar-refractivity contribution is -0.136. The molecular formula is C17H18N2O4S. The Kier molecular flexibility index (Phi) is 5.22. The minimum atomic E-state index is -0.837. The molecule has 1 amide bonds. The van der Waals surface area contributed by atoms with Gasteiger partial charge in [0, 0.05) is 18.7 Å². The number of ether oxygens (including phenoxy) is 1. The molecule has 1 aliphatic rings. The summed E-state index contributed by atoms with van der Waals surface area (Å²) < 4.78 is 5.58. The van der Waals surface area contributed by atoms with Crippen molar-refractivity contribution in [1.82, 2.24) is 4.98 Å². The van der Waals surface area contributed by atoms with Gasteiger partial charge in [0.2, 0.25) is 0 Å². The van der Waals surface area contributed by atoms with Crippen molar-refractivity contribution >= 4 is 28.9 Å². The molecule has 0 bridgehead atoms. The average Bonchev–Trinajstić information content (AvgIpc) is 3.24. The molecule has 2 heterocycles. The number of aromatic nitrogens is 1. The van der Waals surface area contributed by atoms with E-state index in [1.807, 2.05) is 6.07 Å². The quantitative estimate of drug-likeness (QED) is 0.838. The zero-order chi connectivity index (χ0) is 16.9.